The average molecular weight is 364 g/mol. The molecule has 1 aromatic rings. The van der Waals surface area contributed by atoms with Crippen LogP contribution in [-0.2, 0) is 12.8 Å². The average Bonchev–Trinajstić information content (AvgIpc) is 2.49. The Morgan fingerprint density at radius 2 is 1.70 bits per heavy atom. The highest BCUT2D eigenvalue weighted by molar-refractivity contribution is 5.85. The van der Waals surface area contributed by atoms with Crippen molar-refractivity contribution in [3.63, 3.8) is 0 Å². The third-order valence-corrected chi connectivity index (χ3v) is 4.29. The van der Waals surface area contributed by atoms with Gasteiger partial charge in [-0.15, -0.1) is 24.8 Å². The monoisotopic (exact) mass is 363 g/mol. The normalized spacial score (nSPS) is 14.5. The summed E-state index contributed by atoms with van der Waals surface area (Å²) in [5, 5.41) is 18.4. The number of nitrogens with zero attached hydrogens (tertiary/aromatic N) is 1. The van der Waals surface area contributed by atoms with Gasteiger partial charge in [-0.3, -0.25) is 0 Å². The maximum absolute atomic E-state index is 11.5. The van der Waals surface area contributed by atoms with E-state index in [-0.39, 0.29) is 37.5 Å². The number of benzene rings is 1. The largest absolute Gasteiger partial charge is 0.465 e. The van der Waals surface area contributed by atoms with E-state index in [1.54, 1.807) is 4.90 Å². The van der Waals surface area contributed by atoms with Crippen molar-refractivity contribution in [1.82, 2.24) is 4.90 Å². The van der Waals surface area contributed by atoms with Crippen LogP contribution < -0.4 is 0 Å². The van der Waals surface area contributed by atoms with Gasteiger partial charge < -0.3 is 15.1 Å². The molecule has 0 aliphatic heterocycles. The van der Waals surface area contributed by atoms with Crippen molar-refractivity contribution < 1.29 is 15.0 Å². The van der Waals surface area contributed by atoms with Gasteiger partial charge >= 0.3 is 6.09 Å². The predicted molar refractivity (Wildman–Crippen MR) is 97.0 cm³/mol. The Bertz CT molecular complexity index is 465. The highest BCUT2D eigenvalue weighted by Crippen LogP contribution is 2.23. The standard InChI is InChI=1S/C17H25NO3.2ClH/c19-12-10-15-6-4-5-14(13-15)9-11-18(17(20)21)16-7-2-1-3-8-16;;/h4-6,13,16,19H,1-3,7-12H2,(H,20,21);2*1H. The van der Waals surface area contributed by atoms with Crippen LogP contribution in [0.5, 0.6) is 0 Å². The first-order chi connectivity index (χ1) is 10.2. The summed E-state index contributed by atoms with van der Waals surface area (Å²) in [6.07, 6.45) is 6.09. The molecule has 1 aliphatic rings. The zero-order valence-corrected chi connectivity index (χ0v) is 15.0. The number of hydrogen-bond donors (Lipinski definition) is 2. The van der Waals surface area contributed by atoms with Crippen LogP contribution in [0.3, 0.4) is 0 Å². The predicted octanol–water partition coefficient (Wildman–Crippen LogP) is 3.92. The van der Waals surface area contributed by atoms with Crippen LogP contribution in [0.25, 0.3) is 0 Å². The Balaban J connectivity index is 0.00000242. The lowest BCUT2D eigenvalue weighted by Gasteiger charge is -2.32. The molecule has 6 heteroatoms. The SMILES string of the molecule is Cl.Cl.O=C(O)N(CCc1cccc(CCO)c1)C1CCCCC1. The molecule has 1 saturated carbocycles. The first-order valence-electron chi connectivity index (χ1n) is 7.89. The van der Waals surface area contributed by atoms with Crippen LogP contribution in [-0.4, -0.2) is 40.4 Å². The van der Waals surface area contributed by atoms with Gasteiger partial charge in [-0.2, -0.15) is 0 Å². The van der Waals surface area contributed by atoms with E-state index in [9.17, 15) is 9.90 Å². The number of aliphatic hydroxyl groups is 1. The summed E-state index contributed by atoms with van der Waals surface area (Å²) in [4.78, 5) is 13.1. The second kappa shape index (κ2) is 11.5. The molecule has 1 aromatic carbocycles. The van der Waals surface area contributed by atoms with Gasteiger partial charge in [-0.05, 0) is 36.8 Å². The molecule has 0 saturated heterocycles. The van der Waals surface area contributed by atoms with Crippen molar-refractivity contribution in [2.45, 2.75) is 51.0 Å². The van der Waals surface area contributed by atoms with E-state index in [0.717, 1.165) is 43.2 Å². The Morgan fingerprint density at radius 3 is 2.26 bits per heavy atom. The van der Waals surface area contributed by atoms with Crippen LogP contribution in [0.15, 0.2) is 24.3 Å². The zero-order chi connectivity index (χ0) is 15.1. The number of rotatable bonds is 6. The lowest BCUT2D eigenvalue weighted by atomic mass is 9.94. The molecule has 0 unspecified atom stereocenters. The van der Waals surface area contributed by atoms with Crippen LogP contribution in [0.2, 0.25) is 0 Å². The molecule has 4 nitrogen and oxygen atoms in total. The fourth-order valence-corrected chi connectivity index (χ4v) is 3.15. The molecule has 132 valence electrons. The second-order valence-corrected chi connectivity index (χ2v) is 5.81. The molecular weight excluding hydrogens is 337 g/mol. The maximum Gasteiger partial charge on any atom is 0.407 e. The molecule has 0 aromatic heterocycles. The highest BCUT2D eigenvalue weighted by Gasteiger charge is 2.24. The van der Waals surface area contributed by atoms with Gasteiger partial charge in [-0.25, -0.2) is 4.79 Å². The smallest absolute Gasteiger partial charge is 0.407 e. The number of amides is 1. The van der Waals surface area contributed by atoms with Crippen molar-refractivity contribution in [2.75, 3.05) is 13.2 Å². The fraction of sp³-hybridized carbons (Fsp3) is 0.588. The number of carbonyl (C=O) groups is 1. The van der Waals surface area contributed by atoms with Crippen LogP contribution >= 0.6 is 24.8 Å². The molecule has 2 N–H and O–H groups in total. The van der Waals surface area contributed by atoms with Crippen molar-refractivity contribution in [3.8, 4) is 0 Å². The van der Waals surface area contributed by atoms with Crippen LogP contribution in [0.4, 0.5) is 4.79 Å². The topological polar surface area (TPSA) is 60.8 Å². The Morgan fingerprint density at radius 1 is 1.09 bits per heavy atom. The summed E-state index contributed by atoms with van der Waals surface area (Å²) >= 11 is 0. The van der Waals surface area contributed by atoms with Gasteiger partial charge in [0.1, 0.15) is 0 Å². The van der Waals surface area contributed by atoms with E-state index in [2.05, 4.69) is 6.07 Å². The minimum absolute atomic E-state index is 0. The first-order valence-corrected chi connectivity index (χ1v) is 7.89. The fourth-order valence-electron chi connectivity index (χ4n) is 3.15. The third-order valence-electron chi connectivity index (χ3n) is 4.29. The zero-order valence-electron chi connectivity index (χ0n) is 13.3. The lowest BCUT2D eigenvalue weighted by Crippen LogP contribution is -2.41. The van der Waals surface area contributed by atoms with Crippen molar-refractivity contribution in [2.24, 2.45) is 0 Å². The van der Waals surface area contributed by atoms with E-state index >= 15 is 0 Å². The third kappa shape index (κ3) is 6.98. The highest BCUT2D eigenvalue weighted by atomic mass is 35.5. The molecule has 0 atom stereocenters. The molecule has 0 spiro atoms. The maximum atomic E-state index is 11.5. The van der Waals surface area contributed by atoms with Crippen molar-refractivity contribution in [3.05, 3.63) is 35.4 Å². The van der Waals surface area contributed by atoms with Gasteiger partial charge in [0.05, 0.1) is 0 Å². The minimum atomic E-state index is -0.798. The number of carboxylic acid groups (broad SMARTS) is 1. The summed E-state index contributed by atoms with van der Waals surface area (Å²) in [5.74, 6) is 0. The summed E-state index contributed by atoms with van der Waals surface area (Å²) in [5.41, 5.74) is 2.25. The molecule has 1 amide bonds. The minimum Gasteiger partial charge on any atom is -0.465 e. The quantitative estimate of drug-likeness (QED) is 0.804. The molecule has 0 bridgehead atoms. The summed E-state index contributed by atoms with van der Waals surface area (Å²) < 4.78 is 0. The molecule has 0 heterocycles. The number of halogens is 2. The Hall–Kier alpha value is -0.970. The molecular formula is C17H27Cl2NO3. The second-order valence-electron chi connectivity index (χ2n) is 5.81. The molecule has 1 fully saturated rings. The Labute approximate surface area is 150 Å². The number of hydrogen-bond acceptors (Lipinski definition) is 2. The van der Waals surface area contributed by atoms with Gasteiger partial charge in [0.25, 0.3) is 0 Å². The number of aliphatic hydroxyl groups excluding tert-OH is 1. The van der Waals surface area contributed by atoms with Gasteiger partial charge in [0, 0.05) is 19.2 Å². The summed E-state index contributed by atoms with van der Waals surface area (Å²) in [6.45, 7) is 0.704. The Kier molecular flexibility index (Phi) is 11.1. The van der Waals surface area contributed by atoms with Gasteiger partial charge in [-0.1, -0.05) is 43.5 Å². The van der Waals surface area contributed by atoms with Crippen molar-refractivity contribution >= 4 is 30.9 Å². The lowest BCUT2D eigenvalue weighted by molar-refractivity contribution is 0.112. The molecule has 2 rings (SSSR count). The summed E-state index contributed by atoms with van der Waals surface area (Å²) in [6, 6.07) is 8.26. The van der Waals surface area contributed by atoms with E-state index < -0.39 is 6.09 Å². The molecule has 1 aliphatic carbocycles. The van der Waals surface area contributed by atoms with E-state index in [1.165, 1.54) is 6.42 Å². The molecule has 23 heavy (non-hydrogen) atoms. The van der Waals surface area contributed by atoms with Gasteiger partial charge in [0.15, 0.2) is 0 Å². The van der Waals surface area contributed by atoms with E-state index in [0.29, 0.717) is 13.0 Å². The van der Waals surface area contributed by atoms with Crippen LogP contribution in [0, 0.1) is 0 Å². The molecule has 0 radical (unpaired) electrons. The van der Waals surface area contributed by atoms with Crippen LogP contribution in [0.1, 0.15) is 43.2 Å². The summed E-state index contributed by atoms with van der Waals surface area (Å²) in [7, 11) is 0. The van der Waals surface area contributed by atoms with E-state index in [1.807, 2.05) is 18.2 Å². The van der Waals surface area contributed by atoms with Gasteiger partial charge in [0.2, 0.25) is 0 Å². The van der Waals surface area contributed by atoms with Crippen molar-refractivity contribution in [1.29, 1.82) is 0 Å². The first kappa shape index (κ1) is 22.0. The van der Waals surface area contributed by atoms with E-state index in [4.69, 9.17) is 5.11 Å².